The van der Waals surface area contributed by atoms with Crippen LogP contribution in [0.25, 0.3) is 0 Å². The molecule has 1 aromatic carbocycles. The third kappa shape index (κ3) is 2.65. The molecule has 13 heavy (non-hydrogen) atoms. The second kappa shape index (κ2) is 4.16. The summed E-state index contributed by atoms with van der Waals surface area (Å²) < 4.78 is 0. The largest absolute Gasteiger partial charge is 0.298 e. The summed E-state index contributed by atoms with van der Waals surface area (Å²) in [7, 11) is 1.77. The van der Waals surface area contributed by atoms with Crippen LogP contribution >= 0.6 is 0 Å². The fraction of sp³-hybridized carbons (Fsp3) is 0.300. The zero-order chi connectivity index (χ0) is 9.84. The molecule has 0 aliphatic carbocycles. The quantitative estimate of drug-likeness (QED) is 0.428. The molecular weight excluding hydrogens is 164 g/mol. The first kappa shape index (κ1) is 9.89. The molecule has 3 nitrogen and oxygen atoms in total. The molecular formula is C10H14N2O. The minimum Gasteiger partial charge on any atom is -0.298 e. The van der Waals surface area contributed by atoms with Gasteiger partial charge in [0, 0.05) is 19.2 Å². The fourth-order valence-corrected chi connectivity index (χ4v) is 1.26. The van der Waals surface area contributed by atoms with E-state index in [-0.39, 0.29) is 0 Å². The van der Waals surface area contributed by atoms with Crippen molar-refractivity contribution < 1.29 is 4.79 Å². The number of hydrogen-bond acceptors (Lipinski definition) is 3. The minimum atomic E-state index is 0.593. The van der Waals surface area contributed by atoms with Gasteiger partial charge in [-0.1, -0.05) is 23.8 Å². The van der Waals surface area contributed by atoms with Crippen LogP contribution in [0.15, 0.2) is 18.2 Å². The van der Waals surface area contributed by atoms with Crippen LogP contribution in [0, 0.1) is 6.92 Å². The number of rotatable bonds is 3. The Hall–Kier alpha value is -1.19. The molecule has 0 bridgehead atoms. The Morgan fingerprint density at radius 3 is 2.77 bits per heavy atom. The maximum Gasteiger partial charge on any atom is 0.150 e. The van der Waals surface area contributed by atoms with E-state index < -0.39 is 0 Å². The highest BCUT2D eigenvalue weighted by Crippen LogP contribution is 2.10. The maximum absolute atomic E-state index is 10.7. The topological polar surface area (TPSA) is 46.3 Å². The van der Waals surface area contributed by atoms with E-state index in [1.165, 1.54) is 0 Å². The number of carbonyl (C=O) groups is 1. The van der Waals surface area contributed by atoms with Crippen LogP contribution in [-0.4, -0.2) is 18.3 Å². The predicted octanol–water partition coefficient (Wildman–Crippen LogP) is 1.11. The molecule has 1 aromatic rings. The van der Waals surface area contributed by atoms with Gasteiger partial charge in [0.15, 0.2) is 0 Å². The number of benzene rings is 1. The first-order valence-corrected chi connectivity index (χ1v) is 4.14. The number of nitrogens with two attached hydrogens (primary N) is 1. The van der Waals surface area contributed by atoms with Gasteiger partial charge in [0.1, 0.15) is 6.29 Å². The van der Waals surface area contributed by atoms with Crippen molar-refractivity contribution in [2.45, 2.75) is 13.5 Å². The van der Waals surface area contributed by atoms with E-state index in [9.17, 15) is 4.79 Å². The van der Waals surface area contributed by atoms with E-state index in [2.05, 4.69) is 0 Å². The molecule has 0 aliphatic rings. The normalized spacial score (nSPS) is 10.5. The smallest absolute Gasteiger partial charge is 0.150 e. The van der Waals surface area contributed by atoms with Gasteiger partial charge >= 0.3 is 0 Å². The van der Waals surface area contributed by atoms with Crippen molar-refractivity contribution in [3.8, 4) is 0 Å². The third-order valence-electron chi connectivity index (χ3n) is 1.85. The zero-order valence-corrected chi connectivity index (χ0v) is 7.95. The predicted molar refractivity (Wildman–Crippen MR) is 52.2 cm³/mol. The van der Waals surface area contributed by atoms with Crippen LogP contribution in [0.4, 0.5) is 0 Å². The van der Waals surface area contributed by atoms with E-state index in [4.69, 9.17) is 5.84 Å². The molecule has 70 valence electrons. The number of hydrazine groups is 1. The van der Waals surface area contributed by atoms with Crippen LogP contribution in [0.1, 0.15) is 21.5 Å². The SMILES string of the molecule is Cc1ccc(C=O)c(CN(C)N)c1. The standard InChI is InChI=1S/C10H14N2O/c1-8-3-4-9(7-13)10(5-8)6-12(2)11/h3-5,7H,6,11H2,1-2H3. The van der Waals surface area contributed by atoms with E-state index >= 15 is 0 Å². The van der Waals surface area contributed by atoms with Crippen LogP contribution in [-0.2, 0) is 6.54 Å². The number of hydrogen-bond donors (Lipinski definition) is 1. The Morgan fingerprint density at radius 2 is 2.23 bits per heavy atom. The molecule has 0 saturated carbocycles. The summed E-state index contributed by atoms with van der Waals surface area (Å²) in [5.74, 6) is 5.52. The van der Waals surface area contributed by atoms with Crippen LogP contribution < -0.4 is 5.84 Å². The lowest BCUT2D eigenvalue weighted by Gasteiger charge is -2.11. The third-order valence-corrected chi connectivity index (χ3v) is 1.85. The van der Waals surface area contributed by atoms with Gasteiger partial charge in [-0.15, -0.1) is 0 Å². The minimum absolute atomic E-state index is 0.593. The Morgan fingerprint density at radius 1 is 1.54 bits per heavy atom. The summed E-state index contributed by atoms with van der Waals surface area (Å²) in [6, 6.07) is 5.72. The zero-order valence-electron chi connectivity index (χ0n) is 7.95. The average Bonchev–Trinajstić information content (AvgIpc) is 2.03. The second-order valence-electron chi connectivity index (χ2n) is 3.24. The molecule has 0 aromatic heterocycles. The highest BCUT2D eigenvalue weighted by Gasteiger charge is 2.02. The molecule has 0 aliphatic heterocycles. The van der Waals surface area contributed by atoms with Gasteiger partial charge in [0.05, 0.1) is 0 Å². The summed E-state index contributed by atoms with van der Waals surface area (Å²) in [4.78, 5) is 10.7. The molecule has 0 spiro atoms. The fourth-order valence-electron chi connectivity index (χ4n) is 1.26. The molecule has 3 heteroatoms. The Balaban J connectivity index is 3.01. The molecule has 2 N–H and O–H groups in total. The van der Waals surface area contributed by atoms with Gasteiger partial charge in [0.25, 0.3) is 0 Å². The average molecular weight is 178 g/mol. The summed E-state index contributed by atoms with van der Waals surface area (Å²) in [6.45, 7) is 2.59. The maximum atomic E-state index is 10.7. The van der Waals surface area contributed by atoms with E-state index in [1.807, 2.05) is 25.1 Å². The second-order valence-corrected chi connectivity index (χ2v) is 3.24. The van der Waals surface area contributed by atoms with Gasteiger partial charge in [-0.3, -0.25) is 10.6 Å². The molecule has 0 radical (unpaired) electrons. The van der Waals surface area contributed by atoms with Gasteiger partial charge in [0.2, 0.25) is 0 Å². The Bertz CT molecular complexity index is 308. The van der Waals surface area contributed by atoms with E-state index in [0.717, 1.165) is 17.4 Å². The van der Waals surface area contributed by atoms with Crippen molar-refractivity contribution in [1.29, 1.82) is 0 Å². The summed E-state index contributed by atoms with van der Waals surface area (Å²) in [6.07, 6.45) is 0.859. The number of aldehydes is 1. The van der Waals surface area contributed by atoms with Crippen molar-refractivity contribution in [3.05, 3.63) is 34.9 Å². The lowest BCUT2D eigenvalue weighted by molar-refractivity contribution is 0.112. The monoisotopic (exact) mass is 178 g/mol. The molecule has 1 rings (SSSR count). The Kier molecular flexibility index (Phi) is 3.17. The van der Waals surface area contributed by atoms with Gasteiger partial charge in [-0.05, 0) is 12.5 Å². The van der Waals surface area contributed by atoms with Crippen LogP contribution in [0.2, 0.25) is 0 Å². The molecule has 0 heterocycles. The highest BCUT2D eigenvalue weighted by molar-refractivity contribution is 5.77. The van der Waals surface area contributed by atoms with Crippen molar-refractivity contribution in [3.63, 3.8) is 0 Å². The van der Waals surface area contributed by atoms with Crippen molar-refractivity contribution >= 4 is 6.29 Å². The van der Waals surface area contributed by atoms with Crippen LogP contribution in [0.5, 0.6) is 0 Å². The lowest BCUT2D eigenvalue weighted by Crippen LogP contribution is -2.25. The first-order chi connectivity index (χ1) is 6.13. The molecule has 0 saturated heterocycles. The summed E-state index contributed by atoms with van der Waals surface area (Å²) in [5, 5.41) is 1.56. The van der Waals surface area contributed by atoms with E-state index in [0.29, 0.717) is 12.1 Å². The van der Waals surface area contributed by atoms with Crippen molar-refractivity contribution in [1.82, 2.24) is 5.01 Å². The number of aryl methyl sites for hydroxylation is 1. The first-order valence-electron chi connectivity index (χ1n) is 4.14. The Labute approximate surface area is 78.1 Å². The summed E-state index contributed by atoms with van der Waals surface area (Å²) >= 11 is 0. The summed E-state index contributed by atoms with van der Waals surface area (Å²) in [5.41, 5.74) is 2.82. The molecule has 0 fully saturated rings. The van der Waals surface area contributed by atoms with Crippen LogP contribution in [0.3, 0.4) is 0 Å². The molecule has 0 unspecified atom stereocenters. The van der Waals surface area contributed by atoms with Crippen molar-refractivity contribution in [2.24, 2.45) is 5.84 Å². The molecule has 0 amide bonds. The number of nitrogens with zero attached hydrogens (tertiary/aromatic N) is 1. The lowest BCUT2D eigenvalue weighted by atomic mass is 10.1. The van der Waals surface area contributed by atoms with Crippen molar-refractivity contribution in [2.75, 3.05) is 7.05 Å². The van der Waals surface area contributed by atoms with Gasteiger partial charge in [-0.2, -0.15) is 0 Å². The highest BCUT2D eigenvalue weighted by atomic mass is 16.1. The van der Waals surface area contributed by atoms with Gasteiger partial charge in [-0.25, -0.2) is 5.01 Å². The number of carbonyl (C=O) groups excluding carboxylic acids is 1. The van der Waals surface area contributed by atoms with E-state index in [1.54, 1.807) is 12.1 Å². The van der Waals surface area contributed by atoms with Gasteiger partial charge < -0.3 is 0 Å². The molecule has 0 atom stereocenters.